The zero-order chi connectivity index (χ0) is 16.1. The van der Waals surface area contributed by atoms with Crippen molar-refractivity contribution in [1.82, 2.24) is 9.88 Å². The van der Waals surface area contributed by atoms with Crippen molar-refractivity contribution in [2.45, 2.75) is 18.9 Å². The van der Waals surface area contributed by atoms with E-state index in [-0.39, 0.29) is 12.0 Å². The van der Waals surface area contributed by atoms with Crippen LogP contribution in [0.1, 0.15) is 12.0 Å². The van der Waals surface area contributed by atoms with Crippen LogP contribution in [0, 0.1) is 0 Å². The fraction of sp³-hybridized carbons (Fsp3) is 0.333. The first-order valence-corrected chi connectivity index (χ1v) is 7.72. The van der Waals surface area contributed by atoms with Crippen LogP contribution in [0.2, 0.25) is 0 Å². The summed E-state index contributed by atoms with van der Waals surface area (Å²) in [4.78, 5) is 18.3. The molecule has 1 aromatic heterocycles. The second-order valence-electron chi connectivity index (χ2n) is 5.54. The SMILES string of the molecule is COc1ccccc1CC(=O)N1CC[C@H](Oc2ccncc2)C1. The van der Waals surface area contributed by atoms with Crippen molar-refractivity contribution >= 4 is 5.91 Å². The van der Waals surface area contributed by atoms with E-state index in [0.29, 0.717) is 13.0 Å². The molecule has 0 spiro atoms. The van der Waals surface area contributed by atoms with Crippen LogP contribution in [0.15, 0.2) is 48.8 Å². The molecule has 1 atom stereocenters. The Bertz CT molecular complexity index is 660. The quantitative estimate of drug-likeness (QED) is 0.850. The van der Waals surface area contributed by atoms with Crippen LogP contribution in [-0.4, -0.2) is 42.1 Å². The minimum Gasteiger partial charge on any atom is -0.496 e. The predicted octanol–water partition coefficient (Wildman–Crippen LogP) is 2.31. The maximum absolute atomic E-state index is 12.5. The van der Waals surface area contributed by atoms with Crippen molar-refractivity contribution in [1.29, 1.82) is 0 Å². The zero-order valence-corrected chi connectivity index (χ0v) is 13.1. The highest BCUT2D eigenvalue weighted by atomic mass is 16.5. The Labute approximate surface area is 135 Å². The molecule has 0 bridgehead atoms. The standard InChI is InChI=1S/C18H20N2O3/c1-22-17-5-3-2-4-14(17)12-18(21)20-11-8-16(13-20)23-15-6-9-19-10-7-15/h2-7,9-10,16H,8,11-13H2,1H3/t16-/m0/s1. The Balaban J connectivity index is 1.57. The number of likely N-dealkylation sites (tertiary alicyclic amines) is 1. The summed E-state index contributed by atoms with van der Waals surface area (Å²) in [5.41, 5.74) is 0.915. The Morgan fingerprint density at radius 3 is 2.83 bits per heavy atom. The van der Waals surface area contributed by atoms with Gasteiger partial charge in [0, 0.05) is 30.9 Å². The van der Waals surface area contributed by atoms with E-state index in [1.54, 1.807) is 19.5 Å². The van der Waals surface area contributed by atoms with Gasteiger partial charge in [-0.05, 0) is 18.2 Å². The van der Waals surface area contributed by atoms with Gasteiger partial charge >= 0.3 is 0 Å². The minimum atomic E-state index is 0.0408. The van der Waals surface area contributed by atoms with Gasteiger partial charge in [-0.2, -0.15) is 0 Å². The lowest BCUT2D eigenvalue weighted by atomic mass is 10.1. The number of hydrogen-bond acceptors (Lipinski definition) is 4. The molecule has 1 saturated heterocycles. The molecule has 1 amide bonds. The monoisotopic (exact) mass is 312 g/mol. The van der Waals surface area contributed by atoms with Crippen molar-refractivity contribution in [3.63, 3.8) is 0 Å². The van der Waals surface area contributed by atoms with E-state index in [4.69, 9.17) is 9.47 Å². The molecule has 3 rings (SSSR count). The molecule has 120 valence electrons. The minimum absolute atomic E-state index is 0.0408. The van der Waals surface area contributed by atoms with Gasteiger partial charge in [0.2, 0.25) is 5.91 Å². The first-order chi connectivity index (χ1) is 11.3. The molecule has 2 heterocycles. The Morgan fingerprint density at radius 2 is 2.04 bits per heavy atom. The molecule has 1 aliphatic rings. The summed E-state index contributed by atoms with van der Waals surface area (Å²) in [6, 6.07) is 11.3. The summed E-state index contributed by atoms with van der Waals surface area (Å²) in [5.74, 6) is 1.66. The smallest absolute Gasteiger partial charge is 0.227 e. The van der Waals surface area contributed by atoms with Gasteiger partial charge in [0.15, 0.2) is 0 Å². The molecule has 0 saturated carbocycles. The highest BCUT2D eigenvalue weighted by Gasteiger charge is 2.27. The Kier molecular flexibility index (Phi) is 4.76. The van der Waals surface area contributed by atoms with Crippen LogP contribution in [0.5, 0.6) is 11.5 Å². The second-order valence-corrected chi connectivity index (χ2v) is 5.54. The third-order valence-electron chi connectivity index (χ3n) is 3.98. The third-order valence-corrected chi connectivity index (χ3v) is 3.98. The first kappa shape index (κ1) is 15.3. The van der Waals surface area contributed by atoms with Crippen LogP contribution >= 0.6 is 0 Å². The fourth-order valence-electron chi connectivity index (χ4n) is 2.78. The average molecular weight is 312 g/mol. The van der Waals surface area contributed by atoms with Crippen LogP contribution in [0.25, 0.3) is 0 Å². The fourth-order valence-corrected chi connectivity index (χ4v) is 2.78. The van der Waals surface area contributed by atoms with E-state index in [0.717, 1.165) is 30.0 Å². The lowest BCUT2D eigenvalue weighted by Crippen LogP contribution is -2.32. The van der Waals surface area contributed by atoms with Gasteiger partial charge in [0.1, 0.15) is 17.6 Å². The highest BCUT2D eigenvalue weighted by Crippen LogP contribution is 2.21. The van der Waals surface area contributed by atoms with Gasteiger partial charge in [-0.15, -0.1) is 0 Å². The summed E-state index contributed by atoms with van der Waals surface area (Å²) in [6.07, 6.45) is 4.65. The third kappa shape index (κ3) is 3.80. The number of aromatic nitrogens is 1. The molecule has 23 heavy (non-hydrogen) atoms. The molecule has 0 radical (unpaired) electrons. The number of pyridine rings is 1. The normalized spacial score (nSPS) is 17.1. The molecular weight excluding hydrogens is 292 g/mol. The molecular formula is C18H20N2O3. The lowest BCUT2D eigenvalue weighted by Gasteiger charge is -2.18. The average Bonchev–Trinajstić information content (AvgIpc) is 3.05. The molecule has 1 aromatic carbocycles. The number of hydrogen-bond donors (Lipinski definition) is 0. The number of para-hydroxylation sites is 1. The zero-order valence-electron chi connectivity index (χ0n) is 13.1. The van der Waals surface area contributed by atoms with Gasteiger partial charge in [0.05, 0.1) is 20.1 Å². The molecule has 1 fully saturated rings. The van der Waals surface area contributed by atoms with E-state index in [1.165, 1.54) is 0 Å². The van der Waals surface area contributed by atoms with E-state index in [1.807, 2.05) is 41.3 Å². The largest absolute Gasteiger partial charge is 0.496 e. The first-order valence-electron chi connectivity index (χ1n) is 7.72. The number of amides is 1. The van der Waals surface area contributed by atoms with Crippen molar-refractivity contribution < 1.29 is 14.3 Å². The maximum Gasteiger partial charge on any atom is 0.227 e. The van der Waals surface area contributed by atoms with Crippen molar-refractivity contribution in [3.8, 4) is 11.5 Å². The van der Waals surface area contributed by atoms with Gasteiger partial charge in [-0.25, -0.2) is 0 Å². The van der Waals surface area contributed by atoms with E-state index in [2.05, 4.69) is 4.98 Å². The molecule has 0 N–H and O–H groups in total. The van der Waals surface area contributed by atoms with Crippen molar-refractivity contribution in [3.05, 3.63) is 54.4 Å². The maximum atomic E-state index is 12.5. The summed E-state index contributed by atoms with van der Waals surface area (Å²) >= 11 is 0. The van der Waals surface area contributed by atoms with Gasteiger partial charge in [-0.1, -0.05) is 18.2 Å². The number of methoxy groups -OCH3 is 1. The molecule has 1 aliphatic heterocycles. The number of rotatable bonds is 5. The summed E-state index contributed by atoms with van der Waals surface area (Å²) < 4.78 is 11.2. The molecule has 2 aromatic rings. The van der Waals surface area contributed by atoms with Gasteiger partial charge in [0.25, 0.3) is 0 Å². The second kappa shape index (κ2) is 7.13. The Morgan fingerprint density at radius 1 is 1.26 bits per heavy atom. The van der Waals surface area contributed by atoms with E-state index >= 15 is 0 Å². The van der Waals surface area contributed by atoms with Gasteiger partial charge in [-0.3, -0.25) is 9.78 Å². The number of carbonyl (C=O) groups is 1. The number of ether oxygens (including phenoxy) is 2. The summed E-state index contributed by atoms with van der Waals surface area (Å²) in [5, 5.41) is 0. The summed E-state index contributed by atoms with van der Waals surface area (Å²) in [6.45, 7) is 1.35. The molecule has 5 heteroatoms. The lowest BCUT2D eigenvalue weighted by molar-refractivity contribution is -0.129. The van der Waals surface area contributed by atoms with Crippen LogP contribution < -0.4 is 9.47 Å². The molecule has 5 nitrogen and oxygen atoms in total. The predicted molar refractivity (Wildman–Crippen MR) is 86.5 cm³/mol. The van der Waals surface area contributed by atoms with Crippen LogP contribution in [0.4, 0.5) is 0 Å². The van der Waals surface area contributed by atoms with E-state index < -0.39 is 0 Å². The molecule has 0 aliphatic carbocycles. The van der Waals surface area contributed by atoms with Gasteiger partial charge < -0.3 is 14.4 Å². The van der Waals surface area contributed by atoms with E-state index in [9.17, 15) is 4.79 Å². The summed E-state index contributed by atoms with van der Waals surface area (Å²) in [7, 11) is 1.62. The van der Waals surface area contributed by atoms with Crippen LogP contribution in [0.3, 0.4) is 0 Å². The number of benzene rings is 1. The number of carbonyl (C=O) groups excluding carboxylic acids is 1. The highest BCUT2D eigenvalue weighted by molar-refractivity contribution is 5.79. The topological polar surface area (TPSA) is 51.7 Å². The Hall–Kier alpha value is -2.56. The molecule has 0 unspecified atom stereocenters. The van der Waals surface area contributed by atoms with Crippen LogP contribution in [-0.2, 0) is 11.2 Å². The van der Waals surface area contributed by atoms with Crippen molar-refractivity contribution in [2.75, 3.05) is 20.2 Å². The number of nitrogens with zero attached hydrogens (tertiary/aromatic N) is 2. The van der Waals surface area contributed by atoms with Crippen molar-refractivity contribution in [2.24, 2.45) is 0 Å².